The normalized spacial score (nSPS) is 10.2. The maximum absolute atomic E-state index is 8.70. The molecule has 6 heteroatoms. The average Bonchev–Trinajstić information content (AvgIpc) is 2.57. The fourth-order valence-corrected chi connectivity index (χ4v) is 2.31. The third-order valence-corrected chi connectivity index (χ3v) is 3.38. The van der Waals surface area contributed by atoms with E-state index < -0.39 is 0 Å². The minimum absolute atomic E-state index is 0.243. The lowest BCUT2D eigenvalue weighted by Crippen LogP contribution is -2.25. The molecule has 0 N–H and O–H groups in total. The zero-order valence-corrected chi connectivity index (χ0v) is 11.5. The van der Waals surface area contributed by atoms with Crippen molar-refractivity contribution in [1.29, 1.82) is 10.5 Å². The fourth-order valence-electron chi connectivity index (χ4n) is 1.57. The third-order valence-electron chi connectivity index (χ3n) is 2.46. The van der Waals surface area contributed by atoms with Crippen LogP contribution in [0.2, 0.25) is 0 Å². The molecule has 0 aliphatic rings. The topological polar surface area (TPSA) is 68.6 Å². The monoisotopic (exact) mass is 295 g/mol. The number of hydrogen-bond acceptors (Lipinski definition) is 4. The van der Waals surface area contributed by atoms with Crippen LogP contribution in [0.4, 0.5) is 0 Å². The van der Waals surface area contributed by atoms with Gasteiger partial charge in [-0.05, 0) is 22.4 Å². The first-order valence-corrected chi connectivity index (χ1v) is 6.09. The Morgan fingerprint density at radius 1 is 1.35 bits per heavy atom. The number of aryl methyl sites for hydroxylation is 2. The second-order valence-corrected chi connectivity index (χ2v) is 4.44. The smallest absolute Gasteiger partial charge is 0.0877 e. The van der Waals surface area contributed by atoms with Crippen molar-refractivity contribution in [3.63, 3.8) is 0 Å². The first-order valence-electron chi connectivity index (χ1n) is 5.30. The van der Waals surface area contributed by atoms with Gasteiger partial charge in [0, 0.05) is 13.6 Å². The van der Waals surface area contributed by atoms with E-state index in [9.17, 15) is 0 Å². The van der Waals surface area contributed by atoms with E-state index in [1.54, 1.807) is 9.58 Å². The molecule has 1 aromatic heterocycles. The molecule has 90 valence electrons. The van der Waals surface area contributed by atoms with Gasteiger partial charge in [-0.3, -0.25) is 9.58 Å². The highest BCUT2D eigenvalue weighted by molar-refractivity contribution is 9.10. The van der Waals surface area contributed by atoms with E-state index in [1.807, 2.05) is 14.0 Å². The first-order chi connectivity index (χ1) is 8.13. The van der Waals surface area contributed by atoms with Crippen LogP contribution in [-0.4, -0.2) is 27.8 Å². The van der Waals surface area contributed by atoms with Crippen molar-refractivity contribution >= 4 is 15.9 Å². The summed E-state index contributed by atoms with van der Waals surface area (Å²) in [4.78, 5) is 1.78. The first kappa shape index (κ1) is 13.7. The Kier molecular flexibility index (Phi) is 5.14. The summed E-state index contributed by atoms with van der Waals surface area (Å²) in [6.45, 7) is 3.07. The molecule has 0 aliphatic carbocycles. The summed E-state index contributed by atoms with van der Waals surface area (Å²) in [7, 11) is 1.87. The second-order valence-electron chi connectivity index (χ2n) is 3.65. The lowest BCUT2D eigenvalue weighted by atomic mass is 10.3. The molecule has 0 saturated carbocycles. The molecule has 0 aromatic carbocycles. The zero-order chi connectivity index (χ0) is 12.8. The molecular weight excluding hydrogens is 282 g/mol. The van der Waals surface area contributed by atoms with Crippen LogP contribution >= 0.6 is 15.9 Å². The lowest BCUT2D eigenvalue weighted by molar-refractivity contribution is 0.324. The predicted molar refractivity (Wildman–Crippen MR) is 66.8 cm³/mol. The van der Waals surface area contributed by atoms with E-state index in [0.29, 0.717) is 6.54 Å². The summed E-state index contributed by atoms with van der Waals surface area (Å²) in [5.74, 6) is 0. The number of nitriles is 2. The highest BCUT2D eigenvalue weighted by Gasteiger charge is 2.15. The third kappa shape index (κ3) is 3.29. The largest absolute Gasteiger partial charge is 0.271 e. The van der Waals surface area contributed by atoms with Crippen molar-refractivity contribution in [1.82, 2.24) is 14.7 Å². The Bertz CT molecular complexity index is 449. The number of halogens is 1. The van der Waals surface area contributed by atoms with Gasteiger partial charge in [0.1, 0.15) is 0 Å². The van der Waals surface area contributed by atoms with Gasteiger partial charge in [0.15, 0.2) is 0 Å². The summed E-state index contributed by atoms with van der Waals surface area (Å²) in [6.07, 6.45) is 0.852. The number of nitrogens with zero attached hydrogens (tertiary/aromatic N) is 5. The SMILES string of the molecule is CCc1nn(C)c(CN(CC#N)CC#N)c1Br. The van der Waals surface area contributed by atoms with Crippen molar-refractivity contribution in [2.24, 2.45) is 7.05 Å². The summed E-state index contributed by atoms with van der Waals surface area (Å²) in [5.41, 5.74) is 1.99. The van der Waals surface area contributed by atoms with Gasteiger partial charge in [-0.2, -0.15) is 15.6 Å². The molecule has 0 amide bonds. The molecule has 0 unspecified atom stereocenters. The molecule has 0 spiro atoms. The Labute approximate surface area is 109 Å². The van der Waals surface area contributed by atoms with Gasteiger partial charge >= 0.3 is 0 Å². The highest BCUT2D eigenvalue weighted by atomic mass is 79.9. The minimum atomic E-state index is 0.243. The molecular formula is C11H14BrN5. The van der Waals surface area contributed by atoms with E-state index in [2.05, 4.69) is 33.2 Å². The molecule has 0 radical (unpaired) electrons. The van der Waals surface area contributed by atoms with Crippen molar-refractivity contribution < 1.29 is 0 Å². The van der Waals surface area contributed by atoms with Gasteiger partial charge in [0.2, 0.25) is 0 Å². The van der Waals surface area contributed by atoms with Crippen molar-refractivity contribution in [3.8, 4) is 12.1 Å². The van der Waals surface area contributed by atoms with Crippen molar-refractivity contribution in [2.75, 3.05) is 13.1 Å². The summed E-state index contributed by atoms with van der Waals surface area (Å²) < 4.78 is 2.77. The molecule has 0 atom stereocenters. The minimum Gasteiger partial charge on any atom is -0.271 e. The molecule has 1 aromatic rings. The fraction of sp³-hybridized carbons (Fsp3) is 0.545. The molecule has 0 bridgehead atoms. The van der Waals surface area contributed by atoms with Crippen LogP contribution in [0.5, 0.6) is 0 Å². The molecule has 0 fully saturated rings. The molecule has 17 heavy (non-hydrogen) atoms. The Hall–Kier alpha value is -1.37. The van der Waals surface area contributed by atoms with Crippen LogP contribution in [0, 0.1) is 22.7 Å². The van der Waals surface area contributed by atoms with E-state index in [4.69, 9.17) is 10.5 Å². The van der Waals surface area contributed by atoms with Crippen LogP contribution in [0.25, 0.3) is 0 Å². The second kappa shape index (κ2) is 6.39. The maximum atomic E-state index is 8.70. The summed E-state index contributed by atoms with van der Waals surface area (Å²) >= 11 is 3.52. The van der Waals surface area contributed by atoms with Crippen LogP contribution in [0.1, 0.15) is 18.3 Å². The van der Waals surface area contributed by atoms with Gasteiger partial charge in [-0.25, -0.2) is 0 Å². The van der Waals surface area contributed by atoms with E-state index in [-0.39, 0.29) is 13.1 Å². The Morgan fingerprint density at radius 2 is 1.94 bits per heavy atom. The van der Waals surface area contributed by atoms with Gasteiger partial charge in [0.25, 0.3) is 0 Å². The molecule has 1 heterocycles. The maximum Gasteiger partial charge on any atom is 0.0877 e. The Balaban J connectivity index is 2.90. The van der Waals surface area contributed by atoms with E-state index in [1.165, 1.54) is 0 Å². The molecule has 5 nitrogen and oxygen atoms in total. The van der Waals surface area contributed by atoms with Crippen LogP contribution in [0.3, 0.4) is 0 Å². The molecule has 0 saturated heterocycles. The summed E-state index contributed by atoms with van der Waals surface area (Å²) in [6, 6.07) is 4.12. The number of aromatic nitrogens is 2. The standard InChI is InChI=1S/C11H14BrN5/c1-3-9-11(12)10(16(2)15-9)8-17(6-4-13)7-5-14/h3,6-8H2,1-2H3. The molecule has 1 rings (SSSR count). The van der Waals surface area contributed by atoms with Crippen LogP contribution in [0.15, 0.2) is 4.47 Å². The Morgan fingerprint density at radius 3 is 2.35 bits per heavy atom. The number of rotatable bonds is 5. The van der Waals surface area contributed by atoms with E-state index in [0.717, 1.165) is 22.3 Å². The zero-order valence-electron chi connectivity index (χ0n) is 9.94. The highest BCUT2D eigenvalue weighted by Crippen LogP contribution is 2.22. The lowest BCUT2D eigenvalue weighted by Gasteiger charge is -2.15. The van der Waals surface area contributed by atoms with Crippen LogP contribution < -0.4 is 0 Å². The van der Waals surface area contributed by atoms with Gasteiger partial charge in [-0.1, -0.05) is 6.92 Å². The molecule has 0 aliphatic heterocycles. The average molecular weight is 296 g/mol. The predicted octanol–water partition coefficient (Wildman–Crippen LogP) is 1.59. The van der Waals surface area contributed by atoms with Crippen molar-refractivity contribution in [2.45, 2.75) is 19.9 Å². The van der Waals surface area contributed by atoms with Gasteiger partial charge in [0.05, 0.1) is 41.1 Å². The van der Waals surface area contributed by atoms with E-state index >= 15 is 0 Å². The quantitative estimate of drug-likeness (QED) is 0.774. The summed E-state index contributed by atoms with van der Waals surface area (Å²) in [5, 5.41) is 21.8. The van der Waals surface area contributed by atoms with Crippen molar-refractivity contribution in [3.05, 3.63) is 15.9 Å². The van der Waals surface area contributed by atoms with Gasteiger partial charge in [-0.15, -0.1) is 0 Å². The van der Waals surface area contributed by atoms with Crippen LogP contribution in [-0.2, 0) is 20.0 Å². The van der Waals surface area contributed by atoms with Gasteiger partial charge < -0.3 is 0 Å². The number of hydrogen-bond donors (Lipinski definition) is 0.